The second kappa shape index (κ2) is 3.76. The lowest BCUT2D eigenvalue weighted by molar-refractivity contribution is 0.483. The third-order valence-electron chi connectivity index (χ3n) is 2.13. The van der Waals surface area contributed by atoms with Crippen molar-refractivity contribution in [1.29, 1.82) is 0 Å². The van der Waals surface area contributed by atoms with Crippen LogP contribution in [0.4, 0.5) is 0 Å². The topological polar surface area (TPSA) is 9.23 Å². The van der Waals surface area contributed by atoms with Crippen molar-refractivity contribution in [2.24, 2.45) is 0 Å². The van der Waals surface area contributed by atoms with Crippen molar-refractivity contribution in [3.8, 4) is 0 Å². The summed E-state index contributed by atoms with van der Waals surface area (Å²) in [5.41, 5.74) is 2.88. The van der Waals surface area contributed by atoms with Crippen LogP contribution < -0.4 is 0 Å². The first-order valence-corrected chi connectivity index (χ1v) is 5.81. The number of hydrogen-bond acceptors (Lipinski definition) is 1. The van der Waals surface area contributed by atoms with E-state index in [1.807, 2.05) is 12.3 Å². The smallest absolute Gasteiger partial charge is 0.262 e. The average molecular weight is 167 g/mol. The maximum absolute atomic E-state index is 5.55. The quantitative estimate of drug-likeness (QED) is 0.574. The summed E-state index contributed by atoms with van der Waals surface area (Å²) in [4.78, 5) is 0. The van der Waals surface area contributed by atoms with Gasteiger partial charge in [-0.3, -0.25) is 0 Å². The van der Waals surface area contributed by atoms with Gasteiger partial charge in [-0.25, -0.2) is 0 Å². The maximum atomic E-state index is 5.55. The van der Waals surface area contributed by atoms with Gasteiger partial charge < -0.3 is 4.43 Å². The predicted octanol–water partition coefficient (Wildman–Crippen LogP) is 2.35. The van der Waals surface area contributed by atoms with Crippen molar-refractivity contribution in [3.05, 3.63) is 30.0 Å². The fraction of sp³-hybridized carbons (Fsp3) is 0.444. The number of hydrogen-bond donors (Lipinski definition) is 0. The normalized spacial score (nSPS) is 25.3. The van der Waals surface area contributed by atoms with Crippen LogP contribution in [0.3, 0.4) is 0 Å². The van der Waals surface area contributed by atoms with E-state index in [2.05, 4.69) is 32.5 Å². The molecule has 0 fully saturated rings. The van der Waals surface area contributed by atoms with Crippen LogP contribution in [-0.2, 0) is 4.43 Å². The highest BCUT2D eigenvalue weighted by molar-refractivity contribution is 6.60. The molecule has 0 saturated heterocycles. The molecule has 1 radical (unpaired) electrons. The molecular weight excluding hydrogens is 152 g/mol. The maximum Gasteiger partial charge on any atom is 0.262 e. The van der Waals surface area contributed by atoms with Crippen molar-refractivity contribution < 1.29 is 4.43 Å². The van der Waals surface area contributed by atoms with E-state index in [4.69, 9.17) is 4.43 Å². The third kappa shape index (κ3) is 2.22. The van der Waals surface area contributed by atoms with Crippen molar-refractivity contribution in [2.75, 3.05) is 0 Å². The van der Waals surface area contributed by atoms with Gasteiger partial charge in [-0.1, -0.05) is 32.5 Å². The lowest BCUT2D eigenvalue weighted by Gasteiger charge is -2.22. The standard InChI is InChI=1S/C9H15OSi/c1-8(2)9(3)11-7-5-4-6-10-11/h4-7,9,11H,1-3H3. The van der Waals surface area contributed by atoms with Gasteiger partial charge in [0.25, 0.3) is 9.04 Å². The van der Waals surface area contributed by atoms with Crippen LogP contribution in [0.5, 0.6) is 0 Å². The van der Waals surface area contributed by atoms with Crippen LogP contribution in [-0.4, -0.2) is 9.04 Å². The molecule has 1 nitrogen and oxygen atoms in total. The summed E-state index contributed by atoms with van der Waals surface area (Å²) in [6, 6.07) is 0. The van der Waals surface area contributed by atoms with Crippen LogP contribution in [0.15, 0.2) is 24.1 Å². The fourth-order valence-electron chi connectivity index (χ4n) is 1.01. The lowest BCUT2D eigenvalue weighted by Crippen LogP contribution is -2.22. The van der Waals surface area contributed by atoms with Gasteiger partial charge in [0.2, 0.25) is 0 Å². The van der Waals surface area contributed by atoms with Gasteiger partial charge in [0, 0.05) is 0 Å². The molecule has 61 valence electrons. The highest BCUT2D eigenvalue weighted by Crippen LogP contribution is 2.24. The Morgan fingerprint density at radius 2 is 2.09 bits per heavy atom. The first-order valence-electron chi connectivity index (χ1n) is 4.00. The Bertz CT molecular complexity index is 172. The van der Waals surface area contributed by atoms with Crippen molar-refractivity contribution >= 4 is 9.04 Å². The van der Waals surface area contributed by atoms with Crippen LogP contribution in [0, 0.1) is 5.92 Å². The van der Waals surface area contributed by atoms with Crippen LogP contribution in [0.1, 0.15) is 20.8 Å². The van der Waals surface area contributed by atoms with Gasteiger partial charge in [0.15, 0.2) is 0 Å². The first kappa shape index (κ1) is 8.59. The SMILES string of the molecule is C[C](C)C(C)[SiH]1C=CC=CO1. The molecule has 1 aliphatic heterocycles. The van der Waals surface area contributed by atoms with Gasteiger partial charge in [-0.2, -0.15) is 0 Å². The van der Waals surface area contributed by atoms with Gasteiger partial charge in [-0.15, -0.1) is 0 Å². The van der Waals surface area contributed by atoms with E-state index in [9.17, 15) is 0 Å². The van der Waals surface area contributed by atoms with Crippen LogP contribution in [0.25, 0.3) is 0 Å². The Labute approximate surface area is 70.5 Å². The Balaban J connectivity index is 2.48. The molecule has 2 atom stereocenters. The largest absolute Gasteiger partial charge is 0.548 e. The summed E-state index contributed by atoms with van der Waals surface area (Å²) in [6.45, 7) is 6.59. The molecule has 0 aromatic heterocycles. The average Bonchev–Trinajstić information content (AvgIpc) is 2.05. The van der Waals surface area contributed by atoms with Gasteiger partial charge >= 0.3 is 0 Å². The zero-order valence-corrected chi connectivity index (χ0v) is 8.53. The summed E-state index contributed by atoms with van der Waals surface area (Å²) < 4.78 is 5.55. The number of allylic oxidation sites excluding steroid dienone is 2. The lowest BCUT2D eigenvalue weighted by atomic mass is 10.1. The molecule has 0 spiro atoms. The van der Waals surface area contributed by atoms with Gasteiger partial charge in [0.05, 0.1) is 6.26 Å². The minimum Gasteiger partial charge on any atom is -0.548 e. The molecular formula is C9H15OSi. The summed E-state index contributed by atoms with van der Waals surface area (Å²) in [7, 11) is -1.08. The molecule has 0 amide bonds. The molecule has 0 aliphatic carbocycles. The first-order chi connectivity index (χ1) is 5.22. The molecule has 1 aliphatic rings. The van der Waals surface area contributed by atoms with E-state index in [-0.39, 0.29) is 0 Å². The molecule has 0 saturated carbocycles. The Morgan fingerprint density at radius 1 is 1.36 bits per heavy atom. The van der Waals surface area contributed by atoms with E-state index >= 15 is 0 Å². The molecule has 0 aromatic rings. The van der Waals surface area contributed by atoms with Crippen LogP contribution in [0.2, 0.25) is 5.54 Å². The number of rotatable bonds is 2. The molecule has 11 heavy (non-hydrogen) atoms. The van der Waals surface area contributed by atoms with E-state index in [1.165, 1.54) is 5.92 Å². The summed E-state index contributed by atoms with van der Waals surface area (Å²) in [5, 5.41) is 0. The van der Waals surface area contributed by atoms with Crippen molar-refractivity contribution in [3.63, 3.8) is 0 Å². The molecule has 0 bridgehead atoms. The van der Waals surface area contributed by atoms with E-state index in [0.29, 0.717) is 5.54 Å². The second-order valence-electron chi connectivity index (χ2n) is 3.18. The highest BCUT2D eigenvalue weighted by Gasteiger charge is 2.21. The minimum atomic E-state index is -1.08. The Kier molecular flexibility index (Phi) is 2.94. The summed E-state index contributed by atoms with van der Waals surface area (Å²) in [6.07, 6.45) is 5.86. The zero-order chi connectivity index (χ0) is 8.27. The van der Waals surface area contributed by atoms with Crippen LogP contribution >= 0.6 is 0 Å². The molecule has 1 heterocycles. The minimum absolute atomic E-state index is 0.649. The van der Waals surface area contributed by atoms with E-state index in [1.54, 1.807) is 0 Å². The second-order valence-corrected chi connectivity index (χ2v) is 5.77. The van der Waals surface area contributed by atoms with Crippen molar-refractivity contribution in [1.82, 2.24) is 0 Å². The Morgan fingerprint density at radius 3 is 2.55 bits per heavy atom. The monoisotopic (exact) mass is 167 g/mol. The van der Waals surface area contributed by atoms with Crippen molar-refractivity contribution in [2.45, 2.75) is 26.3 Å². The van der Waals surface area contributed by atoms with Gasteiger partial charge in [-0.05, 0) is 17.5 Å². The fourth-order valence-corrected chi connectivity index (χ4v) is 2.95. The molecule has 1 rings (SSSR count). The summed E-state index contributed by atoms with van der Waals surface area (Å²) in [5.74, 6) is 1.47. The molecule has 2 unspecified atom stereocenters. The molecule has 0 N–H and O–H groups in total. The van der Waals surface area contributed by atoms with Gasteiger partial charge in [0.1, 0.15) is 0 Å². The summed E-state index contributed by atoms with van der Waals surface area (Å²) >= 11 is 0. The third-order valence-corrected chi connectivity index (χ3v) is 4.85. The Hall–Kier alpha value is -0.503. The van der Waals surface area contributed by atoms with E-state index < -0.39 is 9.04 Å². The zero-order valence-electron chi connectivity index (χ0n) is 7.37. The highest BCUT2D eigenvalue weighted by atomic mass is 28.3. The molecule has 0 aromatic carbocycles. The molecule has 2 heteroatoms. The van der Waals surface area contributed by atoms with E-state index in [0.717, 1.165) is 0 Å². The predicted molar refractivity (Wildman–Crippen MR) is 50.5 cm³/mol.